The molecule has 5 rings (SSSR count). The minimum absolute atomic E-state index is 0.0168. The third kappa shape index (κ3) is 3.83. The zero-order valence-corrected chi connectivity index (χ0v) is 19.5. The molecule has 2 aromatic carbocycles. The number of carbonyl (C=O) groups is 3. The maximum atomic E-state index is 13.2. The van der Waals surface area contributed by atoms with Gasteiger partial charge in [-0.25, -0.2) is 4.79 Å². The molecule has 1 saturated carbocycles. The van der Waals surface area contributed by atoms with Crippen LogP contribution in [0.1, 0.15) is 43.7 Å². The molecule has 2 fully saturated rings. The van der Waals surface area contributed by atoms with E-state index < -0.39 is 23.5 Å². The highest BCUT2D eigenvalue weighted by Crippen LogP contribution is 2.58. The fourth-order valence-electron chi connectivity index (χ4n) is 5.68. The summed E-state index contributed by atoms with van der Waals surface area (Å²) >= 11 is 0. The Balaban J connectivity index is 1.24. The second-order valence-corrected chi connectivity index (χ2v) is 10.2. The Labute approximate surface area is 199 Å². The molecule has 1 aliphatic heterocycles. The van der Waals surface area contributed by atoms with E-state index in [1.54, 1.807) is 4.90 Å². The summed E-state index contributed by atoms with van der Waals surface area (Å²) < 4.78 is 5.64. The van der Waals surface area contributed by atoms with Crippen LogP contribution in [0.3, 0.4) is 0 Å². The first kappa shape index (κ1) is 22.4. The molecule has 34 heavy (non-hydrogen) atoms. The average molecular weight is 463 g/mol. The molecule has 0 bridgehead atoms. The van der Waals surface area contributed by atoms with E-state index in [-0.39, 0.29) is 36.8 Å². The van der Waals surface area contributed by atoms with E-state index in [0.29, 0.717) is 19.4 Å². The minimum Gasteiger partial charge on any atom is -0.481 e. The summed E-state index contributed by atoms with van der Waals surface area (Å²) in [5, 5.41) is 12.3. The van der Waals surface area contributed by atoms with Crippen LogP contribution in [-0.4, -0.2) is 53.7 Å². The van der Waals surface area contributed by atoms with Gasteiger partial charge in [0.1, 0.15) is 12.6 Å². The Morgan fingerprint density at radius 1 is 1.09 bits per heavy atom. The van der Waals surface area contributed by atoms with Crippen LogP contribution >= 0.6 is 0 Å². The molecule has 2 N–H and O–H groups in total. The lowest BCUT2D eigenvalue weighted by molar-refractivity contribution is -0.144. The highest BCUT2D eigenvalue weighted by molar-refractivity contribution is 5.88. The number of carboxylic acid groups (broad SMARTS) is 1. The highest BCUT2D eigenvalue weighted by Gasteiger charge is 2.66. The van der Waals surface area contributed by atoms with Crippen molar-refractivity contribution in [2.24, 2.45) is 17.3 Å². The Kier molecular flexibility index (Phi) is 5.58. The van der Waals surface area contributed by atoms with Gasteiger partial charge in [-0.1, -0.05) is 62.4 Å². The lowest BCUT2D eigenvalue weighted by Crippen LogP contribution is -2.49. The van der Waals surface area contributed by atoms with Crippen LogP contribution in [0, 0.1) is 17.3 Å². The van der Waals surface area contributed by atoms with Crippen molar-refractivity contribution < 1.29 is 24.2 Å². The topological polar surface area (TPSA) is 95.9 Å². The molecular weight excluding hydrogens is 432 g/mol. The van der Waals surface area contributed by atoms with E-state index in [9.17, 15) is 19.5 Å². The van der Waals surface area contributed by atoms with Crippen LogP contribution < -0.4 is 5.32 Å². The van der Waals surface area contributed by atoms with Crippen molar-refractivity contribution in [3.05, 3.63) is 59.7 Å². The predicted molar refractivity (Wildman–Crippen MR) is 126 cm³/mol. The molecule has 7 heteroatoms. The summed E-state index contributed by atoms with van der Waals surface area (Å²) in [6.07, 6.45) is 0.462. The van der Waals surface area contributed by atoms with Crippen LogP contribution in [0.15, 0.2) is 48.5 Å². The highest BCUT2D eigenvalue weighted by atomic mass is 16.5. The second kappa shape index (κ2) is 8.46. The van der Waals surface area contributed by atoms with Gasteiger partial charge in [-0.05, 0) is 46.9 Å². The van der Waals surface area contributed by atoms with Crippen LogP contribution in [0.5, 0.6) is 0 Å². The molecule has 178 valence electrons. The zero-order valence-electron chi connectivity index (χ0n) is 19.5. The second-order valence-electron chi connectivity index (χ2n) is 10.2. The predicted octanol–water partition coefficient (Wildman–Crippen LogP) is 3.87. The molecule has 0 radical (unpaired) electrons. The molecule has 2 aliphatic carbocycles. The summed E-state index contributed by atoms with van der Waals surface area (Å²) in [5.74, 6) is -0.928. The number of nitrogens with zero attached hydrogens (tertiary/aromatic N) is 1. The van der Waals surface area contributed by atoms with Crippen LogP contribution in [-0.2, 0) is 14.3 Å². The third-order valence-corrected chi connectivity index (χ3v) is 7.52. The maximum Gasteiger partial charge on any atom is 0.407 e. The third-order valence-electron chi connectivity index (χ3n) is 7.52. The van der Waals surface area contributed by atoms with Crippen molar-refractivity contribution in [3.63, 3.8) is 0 Å². The molecule has 2 amide bonds. The number of rotatable bonds is 7. The van der Waals surface area contributed by atoms with E-state index in [0.717, 1.165) is 22.3 Å². The molecular formula is C27H30N2O5. The summed E-state index contributed by atoms with van der Waals surface area (Å²) in [6, 6.07) is 15.5. The largest absolute Gasteiger partial charge is 0.481 e. The van der Waals surface area contributed by atoms with Gasteiger partial charge in [0.25, 0.3) is 0 Å². The quantitative estimate of drug-likeness (QED) is 0.651. The number of hydrogen-bond acceptors (Lipinski definition) is 4. The van der Waals surface area contributed by atoms with Gasteiger partial charge in [0.15, 0.2) is 0 Å². The average Bonchev–Trinajstić information content (AvgIpc) is 3.24. The summed E-state index contributed by atoms with van der Waals surface area (Å²) in [6.45, 7) is 4.80. The van der Waals surface area contributed by atoms with Gasteiger partial charge >= 0.3 is 12.1 Å². The number of ether oxygens (including phenoxy) is 1. The van der Waals surface area contributed by atoms with Crippen LogP contribution in [0.25, 0.3) is 11.1 Å². The van der Waals surface area contributed by atoms with Gasteiger partial charge in [0.2, 0.25) is 5.91 Å². The normalized spacial score (nSPS) is 23.1. The Morgan fingerprint density at radius 3 is 2.26 bits per heavy atom. The van der Waals surface area contributed by atoms with Gasteiger partial charge < -0.3 is 20.1 Å². The van der Waals surface area contributed by atoms with E-state index in [1.165, 1.54) is 0 Å². The fraction of sp³-hybridized carbons (Fsp3) is 0.444. The lowest BCUT2D eigenvalue weighted by atomic mass is 9.98. The van der Waals surface area contributed by atoms with Gasteiger partial charge in [0, 0.05) is 19.0 Å². The first-order valence-electron chi connectivity index (χ1n) is 11.9. The van der Waals surface area contributed by atoms with Crippen molar-refractivity contribution >= 4 is 18.0 Å². The number of likely N-dealkylation sites (tertiary alicyclic amines) is 1. The number of aliphatic carboxylic acids is 1. The summed E-state index contributed by atoms with van der Waals surface area (Å²) in [7, 11) is 0. The molecule has 0 aromatic heterocycles. The summed E-state index contributed by atoms with van der Waals surface area (Å²) in [4.78, 5) is 39.2. The molecule has 1 heterocycles. The molecule has 1 saturated heterocycles. The lowest BCUT2D eigenvalue weighted by Gasteiger charge is -2.27. The minimum atomic E-state index is -0.835. The maximum absolute atomic E-state index is 13.2. The van der Waals surface area contributed by atoms with Gasteiger partial charge in [0.05, 0.1) is 5.41 Å². The SMILES string of the molecule is CC(C)CC(NC(=O)OCC1c2ccccc2-c2ccccc21)C(=O)N1CC2CC2(C(=O)O)C1. The Bertz CT molecular complexity index is 1100. The van der Waals surface area contributed by atoms with E-state index in [4.69, 9.17) is 4.74 Å². The molecule has 3 atom stereocenters. The molecule has 3 unspecified atom stereocenters. The van der Waals surface area contributed by atoms with Crippen LogP contribution in [0.4, 0.5) is 4.79 Å². The zero-order chi connectivity index (χ0) is 24.0. The number of piperidine rings is 1. The number of fused-ring (bicyclic) bond motifs is 4. The number of benzene rings is 2. The number of nitrogens with one attached hydrogen (secondary N) is 1. The number of alkyl carbamates (subject to hydrolysis) is 1. The molecule has 0 spiro atoms. The van der Waals surface area contributed by atoms with Gasteiger partial charge in [-0.3, -0.25) is 9.59 Å². The number of amides is 2. The molecule has 7 nitrogen and oxygen atoms in total. The monoisotopic (exact) mass is 462 g/mol. The number of carboxylic acids is 1. The van der Waals surface area contributed by atoms with Crippen molar-refractivity contribution in [3.8, 4) is 11.1 Å². The fourth-order valence-corrected chi connectivity index (χ4v) is 5.68. The van der Waals surface area contributed by atoms with Crippen molar-refractivity contribution in [2.45, 2.75) is 38.6 Å². The van der Waals surface area contributed by atoms with E-state index in [1.807, 2.05) is 38.1 Å². The van der Waals surface area contributed by atoms with Crippen molar-refractivity contribution in [1.29, 1.82) is 0 Å². The standard InChI is InChI=1S/C27H30N2O5/c1-16(2)11-23(24(30)29-13-17-12-27(17,15-29)25(31)32)28-26(33)34-14-22-20-9-5-3-7-18(20)19-8-4-6-10-21(19)22/h3-10,16-17,22-23H,11-15H2,1-2H3,(H,28,33)(H,31,32). The smallest absolute Gasteiger partial charge is 0.407 e. The number of hydrogen-bond donors (Lipinski definition) is 2. The van der Waals surface area contributed by atoms with Crippen molar-refractivity contribution in [2.75, 3.05) is 19.7 Å². The Morgan fingerprint density at radius 2 is 1.71 bits per heavy atom. The first-order valence-corrected chi connectivity index (χ1v) is 11.9. The summed E-state index contributed by atoms with van der Waals surface area (Å²) in [5.41, 5.74) is 3.77. The van der Waals surface area contributed by atoms with E-state index in [2.05, 4.69) is 29.6 Å². The molecule has 3 aliphatic rings. The number of carbonyl (C=O) groups excluding carboxylic acids is 2. The van der Waals surface area contributed by atoms with Crippen molar-refractivity contribution in [1.82, 2.24) is 10.2 Å². The van der Waals surface area contributed by atoms with Gasteiger partial charge in [-0.2, -0.15) is 0 Å². The first-order chi connectivity index (χ1) is 16.3. The molecule has 2 aromatic rings. The van der Waals surface area contributed by atoms with Gasteiger partial charge in [-0.15, -0.1) is 0 Å². The van der Waals surface area contributed by atoms with E-state index >= 15 is 0 Å². The Hall–Kier alpha value is -3.35. The van der Waals surface area contributed by atoms with Crippen LogP contribution in [0.2, 0.25) is 0 Å².